The highest BCUT2D eigenvalue weighted by Crippen LogP contribution is 2.18. The number of nitrogens with one attached hydrogen (secondary N) is 1. The Labute approximate surface area is 99.7 Å². The summed E-state index contributed by atoms with van der Waals surface area (Å²) in [5.41, 5.74) is 0. The Morgan fingerprint density at radius 1 is 1.53 bits per heavy atom. The van der Waals surface area contributed by atoms with Crippen molar-refractivity contribution in [3.8, 4) is 0 Å². The molecule has 0 spiro atoms. The van der Waals surface area contributed by atoms with Crippen LogP contribution in [0.15, 0.2) is 29.4 Å². The van der Waals surface area contributed by atoms with E-state index in [0.29, 0.717) is 6.54 Å². The molecule has 7 heteroatoms. The predicted octanol–water partition coefficient (Wildman–Crippen LogP) is -0.409. The second kappa shape index (κ2) is 4.42. The molecule has 2 heterocycles. The molecule has 0 aliphatic carbocycles. The number of carbonyl (C=O) groups is 1. The summed E-state index contributed by atoms with van der Waals surface area (Å²) in [7, 11) is -3.63. The molecule has 17 heavy (non-hydrogen) atoms. The van der Waals surface area contributed by atoms with Crippen molar-refractivity contribution in [2.75, 3.05) is 13.1 Å². The maximum absolute atomic E-state index is 12.2. The Morgan fingerprint density at radius 3 is 2.94 bits per heavy atom. The van der Waals surface area contributed by atoms with Crippen molar-refractivity contribution < 1.29 is 13.2 Å². The number of nitrogens with zero attached hydrogens (tertiary/aromatic N) is 2. The Bertz CT molecular complexity index is 515. The molecule has 1 aromatic rings. The zero-order valence-electron chi connectivity index (χ0n) is 9.33. The second-order valence-corrected chi connectivity index (χ2v) is 5.66. The van der Waals surface area contributed by atoms with Gasteiger partial charge in [-0.3, -0.25) is 9.78 Å². The van der Waals surface area contributed by atoms with E-state index in [1.165, 1.54) is 22.8 Å². The van der Waals surface area contributed by atoms with Gasteiger partial charge in [0.25, 0.3) is 0 Å². The van der Waals surface area contributed by atoms with Gasteiger partial charge in [-0.2, -0.15) is 4.31 Å². The van der Waals surface area contributed by atoms with E-state index in [-0.39, 0.29) is 17.3 Å². The summed E-state index contributed by atoms with van der Waals surface area (Å²) >= 11 is 0. The number of aromatic nitrogens is 1. The van der Waals surface area contributed by atoms with E-state index in [4.69, 9.17) is 0 Å². The fraction of sp³-hybridized carbons (Fsp3) is 0.400. The van der Waals surface area contributed by atoms with Crippen LogP contribution in [0, 0.1) is 0 Å². The van der Waals surface area contributed by atoms with Crippen LogP contribution in [0.1, 0.15) is 6.92 Å². The highest BCUT2D eigenvalue weighted by molar-refractivity contribution is 7.89. The first-order chi connectivity index (χ1) is 8.03. The largest absolute Gasteiger partial charge is 0.353 e. The summed E-state index contributed by atoms with van der Waals surface area (Å²) in [6, 6.07) is 2.34. The van der Waals surface area contributed by atoms with Crippen LogP contribution in [-0.2, 0) is 14.8 Å². The third-order valence-corrected chi connectivity index (χ3v) is 4.64. The standard InChI is InChI=1S/C10H13N3O3S/c1-8-10(14)12-5-6-13(8)17(15,16)9-3-2-4-11-7-9/h2-4,7-8H,5-6H2,1H3,(H,12,14). The first kappa shape index (κ1) is 12.0. The summed E-state index contributed by atoms with van der Waals surface area (Å²) in [6.45, 7) is 2.19. The topological polar surface area (TPSA) is 79.4 Å². The smallest absolute Gasteiger partial charge is 0.245 e. The zero-order valence-corrected chi connectivity index (χ0v) is 10.1. The van der Waals surface area contributed by atoms with E-state index in [1.807, 2.05) is 0 Å². The Balaban J connectivity index is 2.36. The lowest BCUT2D eigenvalue weighted by Gasteiger charge is -2.31. The number of hydrogen-bond donors (Lipinski definition) is 1. The summed E-state index contributed by atoms with van der Waals surface area (Å²) in [4.78, 5) is 15.3. The van der Waals surface area contributed by atoms with Crippen LogP contribution in [0.5, 0.6) is 0 Å². The molecule has 1 fully saturated rings. The van der Waals surface area contributed by atoms with E-state index in [9.17, 15) is 13.2 Å². The highest BCUT2D eigenvalue weighted by Gasteiger charge is 2.35. The molecule has 2 rings (SSSR count). The summed E-state index contributed by atoms with van der Waals surface area (Å²) in [5.74, 6) is -0.274. The van der Waals surface area contributed by atoms with Gasteiger partial charge in [-0.15, -0.1) is 0 Å². The van der Waals surface area contributed by atoms with Gasteiger partial charge in [-0.25, -0.2) is 8.42 Å². The number of pyridine rings is 1. The third-order valence-electron chi connectivity index (χ3n) is 2.68. The van der Waals surface area contributed by atoms with E-state index in [1.54, 1.807) is 13.0 Å². The lowest BCUT2D eigenvalue weighted by Crippen LogP contribution is -2.55. The van der Waals surface area contributed by atoms with Crippen molar-refractivity contribution in [2.45, 2.75) is 17.9 Å². The minimum atomic E-state index is -3.63. The van der Waals surface area contributed by atoms with Crippen molar-refractivity contribution in [1.29, 1.82) is 0 Å². The van der Waals surface area contributed by atoms with Gasteiger partial charge in [0.05, 0.1) is 0 Å². The molecule has 1 amide bonds. The fourth-order valence-electron chi connectivity index (χ4n) is 1.72. The van der Waals surface area contributed by atoms with Crippen molar-refractivity contribution in [1.82, 2.24) is 14.6 Å². The first-order valence-corrected chi connectivity index (χ1v) is 6.67. The van der Waals surface area contributed by atoms with Crippen LogP contribution in [0.2, 0.25) is 0 Å². The van der Waals surface area contributed by atoms with E-state index in [2.05, 4.69) is 10.3 Å². The van der Waals surface area contributed by atoms with Gasteiger partial charge in [-0.05, 0) is 19.1 Å². The number of sulfonamides is 1. The summed E-state index contributed by atoms with van der Waals surface area (Å²) < 4.78 is 25.7. The molecular weight excluding hydrogens is 242 g/mol. The Morgan fingerprint density at radius 2 is 2.29 bits per heavy atom. The zero-order chi connectivity index (χ0) is 12.5. The van der Waals surface area contributed by atoms with Crippen molar-refractivity contribution in [3.05, 3.63) is 24.5 Å². The number of hydrogen-bond acceptors (Lipinski definition) is 4. The molecule has 1 aliphatic heterocycles. The van der Waals surface area contributed by atoms with Crippen LogP contribution in [0.4, 0.5) is 0 Å². The predicted molar refractivity (Wildman–Crippen MR) is 60.6 cm³/mol. The minimum Gasteiger partial charge on any atom is -0.353 e. The van der Waals surface area contributed by atoms with Gasteiger partial charge in [0.15, 0.2) is 0 Å². The second-order valence-electron chi connectivity index (χ2n) is 3.77. The lowest BCUT2D eigenvalue weighted by atomic mass is 10.2. The number of rotatable bonds is 2. The van der Waals surface area contributed by atoms with Gasteiger partial charge >= 0.3 is 0 Å². The lowest BCUT2D eigenvalue weighted by molar-refractivity contribution is -0.126. The Kier molecular flexibility index (Phi) is 3.12. The number of piperazine rings is 1. The van der Waals surface area contributed by atoms with Gasteiger partial charge in [0.1, 0.15) is 10.9 Å². The molecule has 1 aromatic heterocycles. The quantitative estimate of drug-likeness (QED) is 0.779. The van der Waals surface area contributed by atoms with E-state index < -0.39 is 16.1 Å². The summed E-state index contributed by atoms with van der Waals surface area (Å²) in [6.07, 6.45) is 2.79. The molecule has 1 saturated heterocycles. The highest BCUT2D eigenvalue weighted by atomic mass is 32.2. The van der Waals surface area contributed by atoms with Gasteiger partial charge in [-0.1, -0.05) is 0 Å². The SMILES string of the molecule is CC1C(=O)NCCN1S(=O)(=O)c1cccnc1. The van der Waals surface area contributed by atoms with Crippen molar-refractivity contribution in [3.63, 3.8) is 0 Å². The maximum atomic E-state index is 12.2. The van der Waals surface area contributed by atoms with Gasteiger partial charge < -0.3 is 5.32 Å². The average molecular weight is 255 g/mol. The van der Waals surface area contributed by atoms with Gasteiger partial charge in [0, 0.05) is 25.5 Å². The van der Waals surface area contributed by atoms with Crippen molar-refractivity contribution in [2.24, 2.45) is 0 Å². The molecule has 0 radical (unpaired) electrons. The summed E-state index contributed by atoms with van der Waals surface area (Å²) in [5, 5.41) is 2.62. The fourth-order valence-corrected chi connectivity index (χ4v) is 3.28. The van der Waals surface area contributed by atoms with Crippen LogP contribution in [0.3, 0.4) is 0 Å². The van der Waals surface area contributed by atoms with E-state index in [0.717, 1.165) is 0 Å². The molecule has 1 aliphatic rings. The van der Waals surface area contributed by atoms with Crippen LogP contribution in [-0.4, -0.2) is 42.7 Å². The molecule has 92 valence electrons. The molecule has 6 nitrogen and oxygen atoms in total. The molecular formula is C10H13N3O3S. The van der Waals surface area contributed by atoms with Crippen LogP contribution < -0.4 is 5.32 Å². The Hall–Kier alpha value is -1.47. The molecule has 0 saturated carbocycles. The molecule has 0 bridgehead atoms. The van der Waals surface area contributed by atoms with Gasteiger partial charge in [0.2, 0.25) is 15.9 Å². The normalized spacial score (nSPS) is 22.2. The van der Waals surface area contributed by atoms with E-state index >= 15 is 0 Å². The molecule has 1 N–H and O–H groups in total. The molecule has 0 aromatic carbocycles. The monoisotopic (exact) mass is 255 g/mol. The van der Waals surface area contributed by atoms with Crippen LogP contribution >= 0.6 is 0 Å². The van der Waals surface area contributed by atoms with Crippen LogP contribution in [0.25, 0.3) is 0 Å². The minimum absolute atomic E-state index is 0.113. The number of amides is 1. The third kappa shape index (κ3) is 2.16. The average Bonchev–Trinajstić information content (AvgIpc) is 2.33. The number of carbonyl (C=O) groups excluding carboxylic acids is 1. The maximum Gasteiger partial charge on any atom is 0.245 e. The molecule has 1 atom stereocenters. The van der Waals surface area contributed by atoms with Crippen molar-refractivity contribution >= 4 is 15.9 Å². The molecule has 1 unspecified atom stereocenters. The first-order valence-electron chi connectivity index (χ1n) is 5.23.